The summed E-state index contributed by atoms with van der Waals surface area (Å²) in [7, 11) is 0. The molecule has 2 aromatic carbocycles. The van der Waals surface area contributed by atoms with Crippen molar-refractivity contribution in [3.63, 3.8) is 0 Å². The molecule has 0 radical (unpaired) electrons. The molecule has 0 atom stereocenters. The standard InChI is InChI=1S/C34H48N3/c1-10-35(11-2)28-16-19-31(25(7)22-28)34(32-20-17-29(23-26(32)8)36(12-3)13-4)33-21-18-30(24-27(33)9)37(14-5)15-6/h16-24H,10-15H2,1-9H3/q+1. The van der Waals surface area contributed by atoms with Gasteiger partial charge in [-0.2, -0.15) is 0 Å². The van der Waals surface area contributed by atoms with Gasteiger partial charge in [0, 0.05) is 49.7 Å². The van der Waals surface area contributed by atoms with Crippen LogP contribution in [0.15, 0.2) is 65.8 Å². The molecule has 0 heterocycles. The van der Waals surface area contributed by atoms with E-state index in [9.17, 15) is 0 Å². The fraction of sp³-hybridized carbons (Fsp3) is 0.441. The lowest BCUT2D eigenvalue weighted by atomic mass is 9.83. The molecule has 0 spiro atoms. The van der Waals surface area contributed by atoms with Gasteiger partial charge in [-0.05, 0) is 132 Å². The van der Waals surface area contributed by atoms with Gasteiger partial charge < -0.3 is 9.80 Å². The predicted octanol–water partition coefficient (Wildman–Crippen LogP) is 7.81. The Balaban J connectivity index is 2.27. The van der Waals surface area contributed by atoms with Gasteiger partial charge in [0.2, 0.25) is 0 Å². The van der Waals surface area contributed by atoms with Crippen LogP contribution in [0.2, 0.25) is 0 Å². The zero-order chi connectivity index (χ0) is 27.1. The summed E-state index contributed by atoms with van der Waals surface area (Å²) in [5.74, 6) is 0. The van der Waals surface area contributed by atoms with Crippen LogP contribution in [-0.4, -0.2) is 49.6 Å². The highest BCUT2D eigenvalue weighted by atomic mass is 15.1. The van der Waals surface area contributed by atoms with E-state index in [1.807, 2.05) is 0 Å². The largest absolute Gasteiger partial charge is 0.372 e. The number of hydrogen-bond acceptors (Lipinski definition) is 2. The Kier molecular flexibility index (Phi) is 9.97. The lowest BCUT2D eigenvalue weighted by Gasteiger charge is -2.26. The first kappa shape index (κ1) is 28.5. The summed E-state index contributed by atoms with van der Waals surface area (Å²) in [6, 6.07) is 14.0. The van der Waals surface area contributed by atoms with E-state index in [-0.39, 0.29) is 0 Å². The van der Waals surface area contributed by atoms with Crippen molar-refractivity contribution >= 4 is 22.7 Å². The van der Waals surface area contributed by atoms with Gasteiger partial charge in [0.25, 0.3) is 0 Å². The number of benzene rings is 2. The van der Waals surface area contributed by atoms with Crippen molar-refractivity contribution in [2.45, 2.75) is 62.3 Å². The molecule has 0 saturated heterocycles. The summed E-state index contributed by atoms with van der Waals surface area (Å²) < 4.78 is 2.42. The van der Waals surface area contributed by atoms with Gasteiger partial charge >= 0.3 is 0 Å². The molecule has 37 heavy (non-hydrogen) atoms. The van der Waals surface area contributed by atoms with E-state index in [0.29, 0.717) is 0 Å². The first-order valence-electron chi connectivity index (χ1n) is 14.3. The Bertz CT molecular complexity index is 1150. The third-order valence-corrected chi connectivity index (χ3v) is 7.82. The Morgan fingerprint density at radius 1 is 0.649 bits per heavy atom. The van der Waals surface area contributed by atoms with Crippen molar-refractivity contribution in [2.24, 2.45) is 0 Å². The first-order valence-corrected chi connectivity index (χ1v) is 14.3. The van der Waals surface area contributed by atoms with E-state index in [0.717, 1.165) is 39.3 Å². The zero-order valence-electron chi connectivity index (χ0n) is 24.8. The third kappa shape index (κ3) is 6.09. The van der Waals surface area contributed by atoms with E-state index in [1.165, 1.54) is 56.1 Å². The quantitative estimate of drug-likeness (QED) is 0.309. The van der Waals surface area contributed by atoms with Crippen molar-refractivity contribution in [1.82, 2.24) is 0 Å². The molecule has 0 fully saturated rings. The van der Waals surface area contributed by atoms with Crippen LogP contribution in [-0.2, 0) is 0 Å². The Labute approximate surface area is 226 Å². The van der Waals surface area contributed by atoms with Crippen LogP contribution in [0.25, 0.3) is 5.57 Å². The number of hydrogen-bond donors (Lipinski definition) is 0. The van der Waals surface area contributed by atoms with Crippen LogP contribution >= 0.6 is 0 Å². The third-order valence-electron chi connectivity index (χ3n) is 7.82. The minimum atomic E-state index is 1.02. The average molecular weight is 499 g/mol. The van der Waals surface area contributed by atoms with Crippen molar-refractivity contribution < 1.29 is 4.58 Å². The number of rotatable bonds is 10. The monoisotopic (exact) mass is 498 g/mol. The zero-order valence-corrected chi connectivity index (χ0v) is 24.8. The van der Waals surface area contributed by atoms with E-state index < -0.39 is 0 Å². The Hall–Kier alpha value is -3.07. The molecule has 1 aliphatic rings. The number of aryl methyl sites for hydroxylation is 2. The highest BCUT2D eigenvalue weighted by Crippen LogP contribution is 2.38. The molecule has 198 valence electrons. The highest BCUT2D eigenvalue weighted by Gasteiger charge is 2.21. The van der Waals surface area contributed by atoms with Crippen LogP contribution in [0.5, 0.6) is 0 Å². The molecule has 0 N–H and O–H groups in total. The normalized spacial score (nSPS) is 13.1. The van der Waals surface area contributed by atoms with Gasteiger partial charge in [-0.25, -0.2) is 4.58 Å². The SMILES string of the molecule is CCN(CC)c1ccc(C(=C2C=CC(=[N+](CC)CC)C=C2C)c2ccc(N(CC)CC)cc2C)c(C)c1. The minimum Gasteiger partial charge on any atom is -0.372 e. The summed E-state index contributed by atoms with van der Waals surface area (Å²) in [5.41, 5.74) is 13.1. The van der Waals surface area contributed by atoms with Crippen LogP contribution in [0.3, 0.4) is 0 Å². The van der Waals surface area contributed by atoms with E-state index in [2.05, 4.69) is 131 Å². The topological polar surface area (TPSA) is 9.49 Å². The lowest BCUT2D eigenvalue weighted by molar-refractivity contribution is -0.519. The Morgan fingerprint density at radius 3 is 1.46 bits per heavy atom. The molecular formula is C34H48N3+. The molecule has 1 aliphatic carbocycles. The van der Waals surface area contributed by atoms with E-state index >= 15 is 0 Å². The smallest absolute Gasteiger partial charge is 0.200 e. The summed E-state index contributed by atoms with van der Waals surface area (Å²) in [6.45, 7) is 26.3. The van der Waals surface area contributed by atoms with Crippen molar-refractivity contribution in [3.8, 4) is 0 Å². The second-order valence-electron chi connectivity index (χ2n) is 9.89. The number of allylic oxidation sites excluding steroid dienone is 5. The molecular weight excluding hydrogens is 450 g/mol. The van der Waals surface area contributed by atoms with Crippen molar-refractivity contribution in [2.75, 3.05) is 49.1 Å². The van der Waals surface area contributed by atoms with Gasteiger partial charge in [0.15, 0.2) is 5.71 Å². The van der Waals surface area contributed by atoms with Gasteiger partial charge in [0.1, 0.15) is 13.1 Å². The Morgan fingerprint density at radius 2 is 1.11 bits per heavy atom. The maximum Gasteiger partial charge on any atom is 0.200 e. The highest BCUT2D eigenvalue weighted by molar-refractivity contribution is 6.05. The lowest BCUT2D eigenvalue weighted by Crippen LogP contribution is -2.22. The van der Waals surface area contributed by atoms with Gasteiger partial charge in [-0.3, -0.25) is 0 Å². The van der Waals surface area contributed by atoms with Gasteiger partial charge in [-0.15, -0.1) is 0 Å². The van der Waals surface area contributed by atoms with Gasteiger partial charge in [-0.1, -0.05) is 12.1 Å². The molecule has 0 aromatic heterocycles. The molecule has 3 rings (SSSR count). The average Bonchev–Trinajstić information content (AvgIpc) is 2.89. The van der Waals surface area contributed by atoms with Crippen LogP contribution in [0.1, 0.15) is 70.7 Å². The molecule has 2 aromatic rings. The van der Waals surface area contributed by atoms with Gasteiger partial charge in [0.05, 0.1) is 0 Å². The van der Waals surface area contributed by atoms with Crippen molar-refractivity contribution in [1.29, 1.82) is 0 Å². The van der Waals surface area contributed by atoms with E-state index in [1.54, 1.807) is 0 Å². The van der Waals surface area contributed by atoms with Crippen LogP contribution < -0.4 is 9.80 Å². The number of anilines is 2. The molecule has 0 unspecified atom stereocenters. The summed E-state index contributed by atoms with van der Waals surface area (Å²) >= 11 is 0. The summed E-state index contributed by atoms with van der Waals surface area (Å²) in [5, 5.41) is 0. The second-order valence-corrected chi connectivity index (χ2v) is 9.89. The van der Waals surface area contributed by atoms with Crippen molar-refractivity contribution in [3.05, 3.63) is 88.0 Å². The first-order chi connectivity index (χ1) is 17.8. The molecule has 3 nitrogen and oxygen atoms in total. The molecule has 0 saturated carbocycles. The molecule has 3 heteroatoms. The molecule has 0 amide bonds. The minimum absolute atomic E-state index is 1.02. The second kappa shape index (κ2) is 12.9. The van der Waals surface area contributed by atoms with E-state index in [4.69, 9.17) is 0 Å². The van der Waals surface area contributed by atoms with Crippen LogP contribution in [0.4, 0.5) is 11.4 Å². The molecule has 0 bridgehead atoms. The summed E-state index contributed by atoms with van der Waals surface area (Å²) in [6.07, 6.45) is 7.00. The maximum absolute atomic E-state index is 2.42. The fourth-order valence-electron chi connectivity index (χ4n) is 5.58. The predicted molar refractivity (Wildman–Crippen MR) is 165 cm³/mol. The maximum atomic E-state index is 2.42. The fourth-order valence-corrected chi connectivity index (χ4v) is 5.58. The number of nitrogens with zero attached hydrogens (tertiary/aromatic N) is 3. The molecule has 0 aliphatic heterocycles. The summed E-state index contributed by atoms with van der Waals surface area (Å²) in [4.78, 5) is 4.84. The van der Waals surface area contributed by atoms with Crippen LogP contribution in [0, 0.1) is 13.8 Å².